The highest BCUT2D eigenvalue weighted by Crippen LogP contribution is 2.47. The molecule has 2 N–H and O–H groups in total. The first-order valence-corrected chi connectivity index (χ1v) is 8.07. The number of aromatic nitrogens is 1. The second-order valence-corrected chi connectivity index (χ2v) is 6.84. The van der Waals surface area contributed by atoms with Crippen LogP contribution in [0.15, 0.2) is 51.9 Å². The SMILES string of the molecule is O=C(NCC1(Cc2ccc(Br)cc2)CC1)c1cc[nH]c(=O)c1. The number of halogens is 1. The number of benzene rings is 1. The molecule has 1 aliphatic carbocycles. The van der Waals surface area contributed by atoms with Crippen LogP contribution in [0.3, 0.4) is 0 Å². The predicted octanol–water partition coefficient (Wildman–Crippen LogP) is 2.89. The molecular weight excluding hydrogens is 344 g/mol. The molecule has 1 aromatic carbocycles. The van der Waals surface area contributed by atoms with Gasteiger partial charge in [-0.1, -0.05) is 28.1 Å². The van der Waals surface area contributed by atoms with Crippen LogP contribution < -0.4 is 10.9 Å². The number of nitrogens with one attached hydrogen (secondary N) is 2. The summed E-state index contributed by atoms with van der Waals surface area (Å²) in [5.41, 5.74) is 1.60. The summed E-state index contributed by atoms with van der Waals surface area (Å²) in [5, 5.41) is 2.96. The van der Waals surface area contributed by atoms with Gasteiger partial charge in [-0.25, -0.2) is 0 Å². The second kappa shape index (κ2) is 6.08. The summed E-state index contributed by atoms with van der Waals surface area (Å²) in [4.78, 5) is 25.8. The minimum atomic E-state index is -0.261. The van der Waals surface area contributed by atoms with Crippen molar-refractivity contribution in [1.29, 1.82) is 0 Å². The Labute approximate surface area is 137 Å². The largest absolute Gasteiger partial charge is 0.351 e. The summed E-state index contributed by atoms with van der Waals surface area (Å²) in [7, 11) is 0. The van der Waals surface area contributed by atoms with Gasteiger partial charge >= 0.3 is 0 Å². The molecule has 0 spiro atoms. The van der Waals surface area contributed by atoms with Crippen molar-refractivity contribution in [3.05, 3.63) is 68.5 Å². The normalized spacial score (nSPS) is 15.3. The molecule has 1 aromatic heterocycles. The highest BCUT2D eigenvalue weighted by atomic mass is 79.9. The van der Waals surface area contributed by atoms with E-state index in [-0.39, 0.29) is 16.9 Å². The van der Waals surface area contributed by atoms with Crippen LogP contribution >= 0.6 is 15.9 Å². The molecule has 1 saturated carbocycles. The second-order valence-electron chi connectivity index (χ2n) is 5.93. The average Bonchev–Trinajstić information content (AvgIpc) is 3.27. The van der Waals surface area contributed by atoms with Gasteiger partial charge in [-0.05, 0) is 48.4 Å². The van der Waals surface area contributed by atoms with Crippen LogP contribution in [0, 0.1) is 5.41 Å². The first-order valence-electron chi connectivity index (χ1n) is 7.28. The molecule has 22 heavy (non-hydrogen) atoms. The number of amides is 1. The van der Waals surface area contributed by atoms with Gasteiger partial charge in [-0.2, -0.15) is 0 Å². The monoisotopic (exact) mass is 360 g/mol. The van der Waals surface area contributed by atoms with E-state index < -0.39 is 0 Å². The van der Waals surface area contributed by atoms with Crippen molar-refractivity contribution in [3.63, 3.8) is 0 Å². The number of carbonyl (C=O) groups excluding carboxylic acids is 1. The van der Waals surface area contributed by atoms with E-state index in [0.29, 0.717) is 12.1 Å². The predicted molar refractivity (Wildman–Crippen MR) is 88.9 cm³/mol. The molecule has 0 aliphatic heterocycles. The number of hydrogen-bond acceptors (Lipinski definition) is 2. The smallest absolute Gasteiger partial charge is 0.251 e. The average molecular weight is 361 g/mol. The van der Waals surface area contributed by atoms with Crippen molar-refractivity contribution in [3.8, 4) is 0 Å². The Kier molecular flexibility index (Phi) is 4.16. The van der Waals surface area contributed by atoms with Gasteiger partial charge in [-0.3, -0.25) is 9.59 Å². The summed E-state index contributed by atoms with van der Waals surface area (Å²) in [6, 6.07) is 11.3. The third-order valence-electron chi connectivity index (χ3n) is 4.11. The van der Waals surface area contributed by atoms with Gasteiger partial charge in [0.05, 0.1) is 0 Å². The summed E-state index contributed by atoms with van der Waals surface area (Å²) < 4.78 is 1.07. The van der Waals surface area contributed by atoms with Crippen LogP contribution in [0.1, 0.15) is 28.8 Å². The minimum absolute atomic E-state index is 0.171. The van der Waals surface area contributed by atoms with Crippen molar-refractivity contribution in [2.75, 3.05) is 6.54 Å². The lowest BCUT2D eigenvalue weighted by molar-refractivity contribution is 0.0944. The number of H-pyrrole nitrogens is 1. The third-order valence-corrected chi connectivity index (χ3v) is 4.64. The summed E-state index contributed by atoms with van der Waals surface area (Å²) in [6.45, 7) is 0.648. The molecule has 2 aromatic rings. The molecule has 0 saturated heterocycles. The lowest BCUT2D eigenvalue weighted by Crippen LogP contribution is -2.31. The molecule has 0 bridgehead atoms. The van der Waals surface area contributed by atoms with Crippen LogP contribution in [-0.4, -0.2) is 17.4 Å². The van der Waals surface area contributed by atoms with Gasteiger partial charge in [0.1, 0.15) is 0 Å². The maximum atomic E-state index is 12.1. The van der Waals surface area contributed by atoms with E-state index in [1.54, 1.807) is 6.07 Å². The van der Waals surface area contributed by atoms with Gasteiger partial charge in [0.2, 0.25) is 5.56 Å². The Morgan fingerprint density at radius 2 is 1.95 bits per heavy atom. The van der Waals surface area contributed by atoms with Crippen LogP contribution in [0.25, 0.3) is 0 Å². The third kappa shape index (κ3) is 3.65. The number of hydrogen-bond donors (Lipinski definition) is 2. The lowest BCUT2D eigenvalue weighted by Gasteiger charge is -2.16. The fourth-order valence-electron chi connectivity index (χ4n) is 2.58. The molecule has 3 rings (SSSR count). The van der Waals surface area contributed by atoms with E-state index in [0.717, 1.165) is 23.7 Å². The molecule has 1 heterocycles. The van der Waals surface area contributed by atoms with E-state index in [9.17, 15) is 9.59 Å². The van der Waals surface area contributed by atoms with Gasteiger partial charge in [0, 0.05) is 28.8 Å². The fraction of sp³-hybridized carbons (Fsp3) is 0.294. The Hall–Kier alpha value is -1.88. The summed E-state index contributed by atoms with van der Waals surface area (Å²) in [6.07, 6.45) is 4.71. The zero-order chi connectivity index (χ0) is 15.6. The quantitative estimate of drug-likeness (QED) is 0.860. The molecule has 5 heteroatoms. The first kappa shape index (κ1) is 15.0. The van der Waals surface area contributed by atoms with Crippen molar-refractivity contribution >= 4 is 21.8 Å². The summed E-state index contributed by atoms with van der Waals surface area (Å²) in [5.74, 6) is -0.187. The number of aromatic amines is 1. The standard InChI is InChI=1S/C17H17BrN2O2/c18-14-3-1-12(2-4-14)10-17(6-7-17)11-20-16(22)13-5-8-19-15(21)9-13/h1-5,8-9H,6-7,10-11H2,(H,19,21)(H,20,22). The van der Waals surface area contributed by atoms with Crippen molar-refractivity contribution in [2.45, 2.75) is 19.3 Å². The summed E-state index contributed by atoms with van der Waals surface area (Å²) >= 11 is 3.44. The molecule has 4 nitrogen and oxygen atoms in total. The van der Waals surface area contributed by atoms with Gasteiger partial charge in [0.15, 0.2) is 0 Å². The minimum Gasteiger partial charge on any atom is -0.351 e. The first-order chi connectivity index (χ1) is 10.6. The highest BCUT2D eigenvalue weighted by Gasteiger charge is 2.42. The van der Waals surface area contributed by atoms with Crippen LogP contribution in [0.2, 0.25) is 0 Å². The van der Waals surface area contributed by atoms with Crippen LogP contribution in [0.4, 0.5) is 0 Å². The molecule has 0 radical (unpaired) electrons. The maximum absolute atomic E-state index is 12.1. The van der Waals surface area contributed by atoms with Gasteiger partial charge in [-0.15, -0.1) is 0 Å². The van der Waals surface area contributed by atoms with E-state index in [2.05, 4.69) is 38.4 Å². The van der Waals surface area contributed by atoms with Crippen LogP contribution in [-0.2, 0) is 6.42 Å². The maximum Gasteiger partial charge on any atom is 0.251 e. The topological polar surface area (TPSA) is 62.0 Å². The molecule has 0 atom stereocenters. The Balaban J connectivity index is 1.60. The van der Waals surface area contributed by atoms with E-state index >= 15 is 0 Å². The molecule has 114 valence electrons. The van der Waals surface area contributed by atoms with Crippen molar-refractivity contribution in [1.82, 2.24) is 10.3 Å². The molecule has 1 fully saturated rings. The fourth-order valence-corrected chi connectivity index (χ4v) is 2.85. The zero-order valence-electron chi connectivity index (χ0n) is 12.1. The Morgan fingerprint density at radius 1 is 1.23 bits per heavy atom. The lowest BCUT2D eigenvalue weighted by atomic mass is 9.96. The van der Waals surface area contributed by atoms with Gasteiger partial charge in [0.25, 0.3) is 5.91 Å². The number of pyridine rings is 1. The Morgan fingerprint density at radius 3 is 2.59 bits per heavy atom. The Bertz CT molecular complexity index is 733. The molecule has 1 aliphatic rings. The number of rotatable bonds is 5. The van der Waals surface area contributed by atoms with Gasteiger partial charge < -0.3 is 10.3 Å². The molecule has 0 unspecified atom stereocenters. The number of carbonyl (C=O) groups is 1. The van der Waals surface area contributed by atoms with Crippen molar-refractivity contribution in [2.24, 2.45) is 5.41 Å². The highest BCUT2D eigenvalue weighted by molar-refractivity contribution is 9.10. The van der Waals surface area contributed by atoms with Crippen LogP contribution in [0.5, 0.6) is 0 Å². The van der Waals surface area contributed by atoms with E-state index in [4.69, 9.17) is 0 Å². The van der Waals surface area contributed by atoms with E-state index in [1.165, 1.54) is 17.8 Å². The van der Waals surface area contributed by atoms with Crippen molar-refractivity contribution < 1.29 is 4.79 Å². The van der Waals surface area contributed by atoms with E-state index in [1.807, 2.05) is 12.1 Å². The molecule has 1 amide bonds. The molecular formula is C17H17BrN2O2. The zero-order valence-corrected chi connectivity index (χ0v) is 13.7.